The van der Waals surface area contributed by atoms with Gasteiger partial charge in [0.15, 0.2) is 0 Å². The van der Waals surface area contributed by atoms with Crippen molar-refractivity contribution in [2.24, 2.45) is 5.92 Å². The predicted molar refractivity (Wildman–Crippen MR) is 99.2 cm³/mol. The van der Waals surface area contributed by atoms with Gasteiger partial charge in [-0.05, 0) is 43.3 Å². The number of fused-ring (bicyclic) bond motifs is 3. The first-order valence-corrected chi connectivity index (χ1v) is 9.71. The van der Waals surface area contributed by atoms with Crippen LogP contribution in [0.15, 0.2) is 53.5 Å². The number of thiophene rings is 1. The van der Waals surface area contributed by atoms with Gasteiger partial charge in [0.2, 0.25) is 0 Å². The SMILES string of the molecule is c1ccc(-c2ncn([C@@H]3CN4CCC3CC4)c2-c2ccsc2)cc1. The van der Waals surface area contributed by atoms with E-state index in [2.05, 4.69) is 63.0 Å². The zero-order valence-electron chi connectivity index (χ0n) is 13.6. The van der Waals surface area contributed by atoms with Crippen LogP contribution in [0.4, 0.5) is 0 Å². The molecule has 3 aromatic rings. The average Bonchev–Trinajstić information content (AvgIpc) is 3.32. The van der Waals surface area contributed by atoms with E-state index in [1.807, 2.05) is 0 Å². The van der Waals surface area contributed by atoms with E-state index in [4.69, 9.17) is 4.98 Å². The van der Waals surface area contributed by atoms with Crippen molar-refractivity contribution >= 4 is 11.3 Å². The molecule has 0 amide bonds. The second-order valence-electron chi connectivity index (χ2n) is 6.93. The van der Waals surface area contributed by atoms with Crippen LogP contribution in [-0.4, -0.2) is 34.1 Å². The predicted octanol–water partition coefficient (Wildman–Crippen LogP) is 4.55. The fraction of sp³-hybridized carbons (Fsp3) is 0.350. The molecule has 3 saturated heterocycles. The van der Waals surface area contributed by atoms with Crippen LogP contribution in [-0.2, 0) is 0 Å². The van der Waals surface area contributed by atoms with Gasteiger partial charge in [0.05, 0.1) is 23.8 Å². The lowest BCUT2D eigenvalue weighted by Crippen LogP contribution is -2.48. The molecule has 1 aromatic carbocycles. The monoisotopic (exact) mass is 335 g/mol. The lowest BCUT2D eigenvalue weighted by molar-refractivity contribution is 0.0577. The van der Waals surface area contributed by atoms with Crippen molar-refractivity contribution in [3.05, 3.63) is 53.5 Å². The molecule has 6 rings (SSSR count). The van der Waals surface area contributed by atoms with Gasteiger partial charge in [-0.15, -0.1) is 0 Å². The first-order chi connectivity index (χ1) is 11.9. The van der Waals surface area contributed by atoms with Crippen LogP contribution in [0, 0.1) is 5.92 Å². The van der Waals surface area contributed by atoms with E-state index < -0.39 is 0 Å². The Bertz CT molecular complexity index is 814. The van der Waals surface area contributed by atoms with Gasteiger partial charge in [-0.25, -0.2) is 4.98 Å². The summed E-state index contributed by atoms with van der Waals surface area (Å²) in [5.41, 5.74) is 4.91. The maximum Gasteiger partial charge on any atom is 0.0963 e. The minimum atomic E-state index is 0.562. The first kappa shape index (κ1) is 14.4. The number of imidazole rings is 1. The summed E-state index contributed by atoms with van der Waals surface area (Å²) in [6, 6.07) is 13.4. The molecule has 24 heavy (non-hydrogen) atoms. The van der Waals surface area contributed by atoms with E-state index in [-0.39, 0.29) is 0 Å². The number of rotatable bonds is 3. The zero-order chi connectivity index (χ0) is 15.9. The van der Waals surface area contributed by atoms with Crippen LogP contribution in [0.1, 0.15) is 18.9 Å². The van der Waals surface area contributed by atoms with Crippen LogP contribution in [0.2, 0.25) is 0 Å². The quantitative estimate of drug-likeness (QED) is 0.700. The molecule has 0 spiro atoms. The topological polar surface area (TPSA) is 21.1 Å². The van der Waals surface area contributed by atoms with E-state index in [0.717, 1.165) is 11.6 Å². The van der Waals surface area contributed by atoms with Crippen LogP contribution in [0.3, 0.4) is 0 Å². The van der Waals surface area contributed by atoms with Crippen molar-refractivity contribution in [1.29, 1.82) is 0 Å². The molecule has 0 saturated carbocycles. The molecule has 4 heteroatoms. The third-order valence-electron chi connectivity index (χ3n) is 5.61. The number of benzene rings is 1. The molecule has 2 aromatic heterocycles. The molecule has 3 aliphatic rings. The van der Waals surface area contributed by atoms with Crippen LogP contribution in [0.5, 0.6) is 0 Å². The van der Waals surface area contributed by atoms with Crippen molar-refractivity contribution in [3.8, 4) is 22.5 Å². The van der Waals surface area contributed by atoms with E-state index in [9.17, 15) is 0 Å². The Hall–Kier alpha value is -1.91. The average molecular weight is 335 g/mol. The van der Waals surface area contributed by atoms with Crippen LogP contribution in [0.25, 0.3) is 22.5 Å². The number of aromatic nitrogens is 2. The minimum absolute atomic E-state index is 0.562. The fourth-order valence-electron chi connectivity index (χ4n) is 4.35. The van der Waals surface area contributed by atoms with Crippen molar-refractivity contribution in [3.63, 3.8) is 0 Å². The Labute approximate surface area is 146 Å². The zero-order valence-corrected chi connectivity index (χ0v) is 14.5. The van der Waals surface area contributed by atoms with E-state index in [1.165, 1.54) is 49.3 Å². The molecule has 5 heterocycles. The largest absolute Gasteiger partial charge is 0.325 e. The van der Waals surface area contributed by atoms with E-state index in [1.54, 1.807) is 11.3 Å². The van der Waals surface area contributed by atoms with Gasteiger partial charge in [-0.2, -0.15) is 11.3 Å². The molecule has 3 fully saturated rings. The summed E-state index contributed by atoms with van der Waals surface area (Å²) in [6.07, 6.45) is 4.74. The first-order valence-electron chi connectivity index (χ1n) is 8.77. The summed E-state index contributed by atoms with van der Waals surface area (Å²) in [6.45, 7) is 3.72. The molecule has 122 valence electrons. The maximum atomic E-state index is 4.85. The fourth-order valence-corrected chi connectivity index (χ4v) is 4.99. The van der Waals surface area contributed by atoms with Gasteiger partial charge in [0, 0.05) is 23.1 Å². The second kappa shape index (κ2) is 5.87. The van der Waals surface area contributed by atoms with Crippen LogP contribution < -0.4 is 0 Å². The Morgan fingerprint density at radius 2 is 1.83 bits per heavy atom. The number of nitrogens with zero attached hydrogens (tertiary/aromatic N) is 3. The molecule has 0 aliphatic carbocycles. The van der Waals surface area contributed by atoms with Crippen molar-refractivity contribution < 1.29 is 0 Å². The van der Waals surface area contributed by atoms with Gasteiger partial charge in [-0.3, -0.25) is 0 Å². The molecule has 0 radical (unpaired) electrons. The molecule has 0 unspecified atom stereocenters. The molecule has 3 nitrogen and oxygen atoms in total. The lowest BCUT2D eigenvalue weighted by atomic mass is 9.83. The van der Waals surface area contributed by atoms with Gasteiger partial charge < -0.3 is 9.47 Å². The third-order valence-corrected chi connectivity index (χ3v) is 6.30. The Kier molecular flexibility index (Phi) is 3.53. The number of hydrogen-bond acceptors (Lipinski definition) is 3. The van der Waals surface area contributed by atoms with E-state index >= 15 is 0 Å². The Morgan fingerprint density at radius 1 is 1.00 bits per heavy atom. The molecule has 3 aliphatic heterocycles. The standard InChI is InChI=1S/C20H21N3S/c1-2-4-16(5-3-1)19-20(17-8-11-24-13-17)23(14-21-19)18-12-22-9-6-15(18)7-10-22/h1-5,8,11,13-15,18H,6-7,9-10,12H2/t18-/m1/s1. The van der Waals surface area contributed by atoms with Gasteiger partial charge in [0.1, 0.15) is 0 Å². The molecule has 1 atom stereocenters. The third kappa shape index (κ3) is 2.33. The summed E-state index contributed by atoms with van der Waals surface area (Å²) < 4.78 is 2.47. The summed E-state index contributed by atoms with van der Waals surface area (Å²) in [4.78, 5) is 7.47. The van der Waals surface area contributed by atoms with E-state index in [0.29, 0.717) is 6.04 Å². The number of hydrogen-bond donors (Lipinski definition) is 0. The highest BCUT2D eigenvalue weighted by atomic mass is 32.1. The Balaban J connectivity index is 1.65. The molecule has 2 bridgehead atoms. The molecule has 0 N–H and O–H groups in total. The van der Waals surface area contributed by atoms with Crippen molar-refractivity contribution in [2.75, 3.05) is 19.6 Å². The maximum absolute atomic E-state index is 4.85. The van der Waals surface area contributed by atoms with Crippen molar-refractivity contribution in [1.82, 2.24) is 14.5 Å². The van der Waals surface area contributed by atoms with Gasteiger partial charge >= 0.3 is 0 Å². The minimum Gasteiger partial charge on any atom is -0.325 e. The van der Waals surface area contributed by atoms with Gasteiger partial charge in [-0.1, -0.05) is 30.3 Å². The van der Waals surface area contributed by atoms with Crippen LogP contribution >= 0.6 is 11.3 Å². The highest BCUT2D eigenvalue weighted by Crippen LogP contribution is 2.41. The highest BCUT2D eigenvalue weighted by Gasteiger charge is 2.36. The summed E-state index contributed by atoms with van der Waals surface area (Å²) in [5, 5.41) is 4.42. The van der Waals surface area contributed by atoms with Gasteiger partial charge in [0.25, 0.3) is 0 Å². The van der Waals surface area contributed by atoms with Crippen molar-refractivity contribution in [2.45, 2.75) is 18.9 Å². The molecular formula is C20H21N3S. The number of piperidine rings is 3. The summed E-state index contributed by atoms with van der Waals surface area (Å²) in [7, 11) is 0. The highest BCUT2D eigenvalue weighted by molar-refractivity contribution is 7.08. The lowest BCUT2D eigenvalue weighted by Gasteiger charge is -2.45. The smallest absolute Gasteiger partial charge is 0.0963 e. The Morgan fingerprint density at radius 3 is 2.50 bits per heavy atom. The molecular weight excluding hydrogens is 314 g/mol. The normalized spacial score (nSPS) is 25.9. The second-order valence-corrected chi connectivity index (χ2v) is 7.71. The summed E-state index contributed by atoms with van der Waals surface area (Å²) in [5.74, 6) is 0.796. The summed E-state index contributed by atoms with van der Waals surface area (Å²) >= 11 is 1.76.